The minimum atomic E-state index is -1.32. The van der Waals surface area contributed by atoms with Crippen LogP contribution < -0.4 is 5.11 Å². The predicted octanol–water partition coefficient (Wildman–Crippen LogP) is 2.13. The lowest BCUT2D eigenvalue weighted by molar-refractivity contribution is -0.255. The van der Waals surface area contributed by atoms with E-state index in [2.05, 4.69) is 20.9 Å². The number of hydrogen-bond donors (Lipinski definition) is 1. The number of aromatic amines is 1. The van der Waals surface area contributed by atoms with Gasteiger partial charge in [-0.2, -0.15) is 0 Å². The van der Waals surface area contributed by atoms with E-state index in [4.69, 9.17) is 0 Å². The number of aromatic carboxylic acids is 1. The van der Waals surface area contributed by atoms with Crippen molar-refractivity contribution in [3.8, 4) is 0 Å². The molecule has 2 amide bonds. The molecule has 0 fully saturated rings. The molecule has 0 radical (unpaired) electrons. The lowest BCUT2D eigenvalue weighted by Crippen LogP contribution is -2.32. The average molecular weight is 412 g/mol. The first-order chi connectivity index (χ1) is 12.5. The van der Waals surface area contributed by atoms with Crippen molar-refractivity contribution in [2.24, 2.45) is 0 Å². The molecule has 26 heavy (non-hydrogen) atoms. The van der Waals surface area contributed by atoms with Crippen LogP contribution in [0.5, 0.6) is 0 Å². The molecule has 0 atom stereocenters. The van der Waals surface area contributed by atoms with Crippen LogP contribution in [0.2, 0.25) is 0 Å². The Kier molecular flexibility index (Phi) is 3.88. The fraction of sp³-hybridized carbons (Fsp3) is 0.105. The predicted molar refractivity (Wildman–Crippen MR) is 95.8 cm³/mol. The summed E-state index contributed by atoms with van der Waals surface area (Å²) in [5, 5.41) is 12.2. The molecule has 0 bridgehead atoms. The molecule has 130 valence electrons. The zero-order chi connectivity index (χ0) is 18.4. The van der Waals surface area contributed by atoms with Crippen LogP contribution in [0.3, 0.4) is 0 Å². The molecule has 1 aromatic heterocycles. The first-order valence-electron chi connectivity index (χ1n) is 7.94. The van der Waals surface area contributed by atoms with Gasteiger partial charge in [-0.05, 0) is 42.3 Å². The summed E-state index contributed by atoms with van der Waals surface area (Å²) in [6, 6.07) is 12.0. The van der Waals surface area contributed by atoms with Crippen LogP contribution in [0.1, 0.15) is 36.8 Å². The molecule has 0 unspecified atom stereocenters. The zero-order valence-electron chi connectivity index (χ0n) is 13.4. The summed E-state index contributed by atoms with van der Waals surface area (Å²) in [4.78, 5) is 40.4. The Bertz CT molecular complexity index is 1050. The largest absolute Gasteiger partial charge is 0.543 e. The maximum Gasteiger partial charge on any atom is 0.261 e. The second-order valence-corrected chi connectivity index (χ2v) is 6.93. The van der Waals surface area contributed by atoms with Crippen molar-refractivity contribution >= 4 is 44.6 Å². The van der Waals surface area contributed by atoms with Crippen molar-refractivity contribution < 1.29 is 19.5 Å². The second-order valence-electron chi connectivity index (χ2n) is 6.01. The van der Waals surface area contributed by atoms with E-state index in [9.17, 15) is 19.5 Å². The van der Waals surface area contributed by atoms with Gasteiger partial charge in [0, 0.05) is 21.9 Å². The second kappa shape index (κ2) is 6.10. The number of fused-ring (bicyclic) bond motifs is 2. The first-order valence-corrected chi connectivity index (χ1v) is 8.73. The molecule has 0 spiro atoms. The number of carbonyl (C=O) groups excluding carboxylic acids is 3. The molecule has 7 heteroatoms. The Morgan fingerprint density at radius 3 is 2.35 bits per heavy atom. The number of H-pyrrole nitrogens is 1. The van der Waals surface area contributed by atoms with Gasteiger partial charge >= 0.3 is 0 Å². The Balaban J connectivity index is 1.68. The van der Waals surface area contributed by atoms with Crippen molar-refractivity contribution in [2.75, 3.05) is 6.54 Å². The van der Waals surface area contributed by atoms with Crippen LogP contribution in [-0.4, -0.2) is 34.2 Å². The number of nitrogens with one attached hydrogen (secondary N) is 1. The van der Waals surface area contributed by atoms with Gasteiger partial charge in [-0.25, -0.2) is 0 Å². The normalized spacial score (nSPS) is 13.5. The third-order valence-electron chi connectivity index (χ3n) is 4.54. The summed E-state index contributed by atoms with van der Waals surface area (Å²) < 4.78 is 0.802. The van der Waals surface area contributed by atoms with Gasteiger partial charge in [0.2, 0.25) is 0 Å². The minimum absolute atomic E-state index is 0.0327. The summed E-state index contributed by atoms with van der Waals surface area (Å²) in [6.45, 7) is 0.0894. The van der Waals surface area contributed by atoms with Crippen molar-refractivity contribution in [1.82, 2.24) is 9.88 Å². The van der Waals surface area contributed by atoms with Crippen molar-refractivity contribution in [3.05, 3.63) is 69.3 Å². The Hall–Kier alpha value is -2.93. The lowest BCUT2D eigenvalue weighted by Gasteiger charge is -2.14. The highest BCUT2D eigenvalue weighted by Crippen LogP contribution is 2.28. The van der Waals surface area contributed by atoms with Gasteiger partial charge in [0.1, 0.15) is 0 Å². The maximum atomic E-state index is 12.5. The number of carbonyl (C=O) groups is 3. The molecule has 2 heterocycles. The van der Waals surface area contributed by atoms with Gasteiger partial charge in [-0.3, -0.25) is 14.5 Å². The van der Waals surface area contributed by atoms with Crippen LogP contribution in [0, 0.1) is 0 Å². The molecular weight excluding hydrogens is 400 g/mol. The maximum absolute atomic E-state index is 12.5. The molecule has 1 aliphatic heterocycles. The third kappa shape index (κ3) is 2.52. The molecule has 0 saturated carbocycles. The van der Waals surface area contributed by atoms with E-state index in [1.807, 2.05) is 0 Å². The molecular formula is C19H12BrN2O4-. The number of benzene rings is 2. The van der Waals surface area contributed by atoms with Gasteiger partial charge in [0.15, 0.2) is 0 Å². The SMILES string of the molecule is O=C([O-])c1[nH]c2ccc(Br)cc2c1CCN1C(=O)c2ccccc2C1=O. The third-order valence-corrected chi connectivity index (χ3v) is 5.03. The summed E-state index contributed by atoms with van der Waals surface area (Å²) in [7, 11) is 0. The van der Waals surface area contributed by atoms with Crippen LogP contribution in [-0.2, 0) is 6.42 Å². The molecule has 1 N–H and O–H groups in total. The van der Waals surface area contributed by atoms with E-state index < -0.39 is 5.97 Å². The van der Waals surface area contributed by atoms with Gasteiger partial charge in [-0.1, -0.05) is 28.1 Å². The number of carboxylic acids is 1. The number of imide groups is 1. The Morgan fingerprint density at radius 2 is 1.73 bits per heavy atom. The molecule has 4 rings (SSSR count). The van der Waals surface area contributed by atoms with E-state index >= 15 is 0 Å². The Morgan fingerprint density at radius 1 is 1.08 bits per heavy atom. The quantitative estimate of drug-likeness (QED) is 0.665. The standard InChI is InChI=1S/C19H13BrN2O4/c20-10-5-6-15-14(9-10)11(16(21-15)19(25)26)7-8-22-17(23)12-3-1-2-4-13(12)18(22)24/h1-6,9,21H,7-8H2,(H,25,26)/p-1. The van der Waals surface area contributed by atoms with Crippen molar-refractivity contribution in [2.45, 2.75) is 6.42 Å². The van der Waals surface area contributed by atoms with E-state index in [0.29, 0.717) is 22.2 Å². The van der Waals surface area contributed by atoms with E-state index in [1.54, 1.807) is 42.5 Å². The zero-order valence-corrected chi connectivity index (χ0v) is 15.0. The van der Waals surface area contributed by atoms with Crippen LogP contribution >= 0.6 is 15.9 Å². The smallest absolute Gasteiger partial charge is 0.261 e. The summed E-state index contributed by atoms with van der Waals surface area (Å²) >= 11 is 3.37. The van der Waals surface area contributed by atoms with Crippen molar-refractivity contribution in [1.29, 1.82) is 0 Å². The minimum Gasteiger partial charge on any atom is -0.543 e. The number of nitrogens with zero attached hydrogens (tertiary/aromatic N) is 1. The lowest BCUT2D eigenvalue weighted by atomic mass is 10.1. The van der Waals surface area contributed by atoms with Crippen LogP contribution in [0.25, 0.3) is 10.9 Å². The van der Waals surface area contributed by atoms with Crippen LogP contribution in [0.15, 0.2) is 46.9 Å². The van der Waals surface area contributed by atoms with E-state index in [0.717, 1.165) is 14.8 Å². The van der Waals surface area contributed by atoms with Gasteiger partial charge in [-0.15, -0.1) is 0 Å². The molecule has 0 aliphatic carbocycles. The fourth-order valence-electron chi connectivity index (χ4n) is 3.32. The van der Waals surface area contributed by atoms with E-state index in [1.165, 1.54) is 0 Å². The van der Waals surface area contributed by atoms with Gasteiger partial charge < -0.3 is 14.9 Å². The number of aromatic nitrogens is 1. The molecule has 6 nitrogen and oxygen atoms in total. The molecule has 3 aromatic rings. The Labute approximate surface area is 156 Å². The highest BCUT2D eigenvalue weighted by Gasteiger charge is 2.34. The highest BCUT2D eigenvalue weighted by molar-refractivity contribution is 9.10. The van der Waals surface area contributed by atoms with Crippen LogP contribution in [0.4, 0.5) is 0 Å². The first kappa shape index (κ1) is 16.5. The monoisotopic (exact) mass is 411 g/mol. The van der Waals surface area contributed by atoms with Gasteiger partial charge in [0.25, 0.3) is 11.8 Å². The van der Waals surface area contributed by atoms with Crippen molar-refractivity contribution in [3.63, 3.8) is 0 Å². The van der Waals surface area contributed by atoms with E-state index in [-0.39, 0.29) is 30.5 Å². The topological polar surface area (TPSA) is 93.3 Å². The average Bonchev–Trinajstić information content (AvgIpc) is 3.10. The summed E-state index contributed by atoms with van der Waals surface area (Å²) in [5.41, 5.74) is 1.89. The molecule has 0 saturated heterocycles. The number of amides is 2. The number of hydrogen-bond acceptors (Lipinski definition) is 4. The fourth-order valence-corrected chi connectivity index (χ4v) is 3.68. The summed E-state index contributed by atoms with van der Waals surface area (Å²) in [6.07, 6.45) is 0.214. The number of halogens is 1. The number of rotatable bonds is 4. The van der Waals surface area contributed by atoms with Gasteiger partial charge in [0.05, 0.1) is 22.8 Å². The molecule has 2 aromatic carbocycles. The summed E-state index contributed by atoms with van der Waals surface area (Å²) in [5.74, 6) is -2.04. The number of carboxylic acid groups (broad SMARTS) is 1. The molecule has 1 aliphatic rings. The highest BCUT2D eigenvalue weighted by atomic mass is 79.9.